The summed E-state index contributed by atoms with van der Waals surface area (Å²) in [6, 6.07) is 5.95. The Labute approximate surface area is 154 Å². The Kier molecular flexibility index (Phi) is 7.18. The van der Waals surface area contributed by atoms with Crippen molar-refractivity contribution in [1.82, 2.24) is 4.90 Å². The van der Waals surface area contributed by atoms with Crippen LogP contribution in [0.2, 0.25) is 0 Å². The minimum absolute atomic E-state index is 0.0723. The van der Waals surface area contributed by atoms with Gasteiger partial charge in [-0.2, -0.15) is 0 Å². The molecule has 1 aliphatic heterocycles. The maximum atomic E-state index is 12.8. The van der Waals surface area contributed by atoms with E-state index in [9.17, 15) is 19.5 Å². The van der Waals surface area contributed by atoms with Gasteiger partial charge >= 0.3 is 5.97 Å². The number of anilines is 1. The van der Waals surface area contributed by atoms with Gasteiger partial charge in [-0.25, -0.2) is 4.79 Å². The van der Waals surface area contributed by atoms with Crippen molar-refractivity contribution in [3.63, 3.8) is 0 Å². The molecule has 6 heteroatoms. The van der Waals surface area contributed by atoms with E-state index in [0.717, 1.165) is 25.7 Å². The highest BCUT2D eigenvalue weighted by Crippen LogP contribution is 2.21. The fourth-order valence-corrected chi connectivity index (χ4v) is 3.45. The highest BCUT2D eigenvalue weighted by atomic mass is 16.4. The summed E-state index contributed by atoms with van der Waals surface area (Å²) in [5.74, 6) is -1.02. The van der Waals surface area contributed by atoms with Crippen molar-refractivity contribution >= 4 is 23.5 Å². The number of likely N-dealkylation sites (tertiary alicyclic amines) is 1. The van der Waals surface area contributed by atoms with Gasteiger partial charge in [-0.1, -0.05) is 32.8 Å². The number of carbonyl (C=O) groups is 3. The van der Waals surface area contributed by atoms with E-state index in [2.05, 4.69) is 12.2 Å². The zero-order valence-corrected chi connectivity index (χ0v) is 15.5. The molecular weight excluding hydrogens is 332 g/mol. The maximum absolute atomic E-state index is 12.8. The maximum Gasteiger partial charge on any atom is 0.326 e. The zero-order valence-electron chi connectivity index (χ0n) is 15.5. The molecule has 1 aromatic carbocycles. The Bertz CT molecular complexity index is 659. The molecule has 6 nitrogen and oxygen atoms in total. The molecule has 142 valence electrons. The molecule has 1 saturated heterocycles. The summed E-state index contributed by atoms with van der Waals surface area (Å²) < 4.78 is 0. The Morgan fingerprint density at radius 1 is 1.31 bits per heavy atom. The van der Waals surface area contributed by atoms with Gasteiger partial charge in [0.05, 0.1) is 0 Å². The first kappa shape index (κ1) is 19.9. The van der Waals surface area contributed by atoms with E-state index in [0.29, 0.717) is 36.6 Å². The van der Waals surface area contributed by atoms with E-state index >= 15 is 0 Å². The third-order valence-electron chi connectivity index (χ3n) is 4.76. The SMILES string of the molecule is CCCC(C)CC(=O)Nc1cccc(C(=O)N2CCCCC2C(=O)O)c1. The minimum atomic E-state index is -0.965. The Balaban J connectivity index is 2.06. The number of amides is 2. The number of carbonyl (C=O) groups excluding carboxylic acids is 2. The van der Waals surface area contributed by atoms with Gasteiger partial charge in [0.15, 0.2) is 0 Å². The smallest absolute Gasteiger partial charge is 0.326 e. The number of aliphatic carboxylic acids is 1. The highest BCUT2D eigenvalue weighted by molar-refractivity contribution is 5.99. The lowest BCUT2D eigenvalue weighted by molar-refractivity contribution is -0.143. The molecule has 0 spiro atoms. The molecule has 0 aromatic heterocycles. The predicted octanol–water partition coefficient (Wildman–Crippen LogP) is 3.53. The lowest BCUT2D eigenvalue weighted by atomic mass is 10.0. The lowest BCUT2D eigenvalue weighted by Crippen LogP contribution is -2.48. The van der Waals surface area contributed by atoms with Gasteiger partial charge in [-0.3, -0.25) is 9.59 Å². The summed E-state index contributed by atoms with van der Waals surface area (Å²) in [5, 5.41) is 12.2. The molecule has 0 radical (unpaired) electrons. The van der Waals surface area contributed by atoms with Crippen molar-refractivity contribution in [2.45, 2.75) is 58.4 Å². The van der Waals surface area contributed by atoms with Gasteiger partial charge in [0.2, 0.25) is 5.91 Å². The van der Waals surface area contributed by atoms with Crippen LogP contribution in [-0.2, 0) is 9.59 Å². The molecule has 2 amide bonds. The van der Waals surface area contributed by atoms with E-state index < -0.39 is 12.0 Å². The van der Waals surface area contributed by atoms with Crippen LogP contribution < -0.4 is 5.32 Å². The van der Waals surface area contributed by atoms with Gasteiger partial charge in [0.25, 0.3) is 5.91 Å². The van der Waals surface area contributed by atoms with Crippen LogP contribution in [0.4, 0.5) is 5.69 Å². The number of piperidine rings is 1. The number of nitrogens with zero attached hydrogens (tertiary/aromatic N) is 1. The van der Waals surface area contributed by atoms with Crippen LogP contribution in [0.15, 0.2) is 24.3 Å². The number of rotatable bonds is 7. The van der Waals surface area contributed by atoms with Gasteiger partial charge < -0.3 is 15.3 Å². The highest BCUT2D eigenvalue weighted by Gasteiger charge is 2.32. The van der Waals surface area contributed by atoms with Crippen molar-refractivity contribution in [1.29, 1.82) is 0 Å². The minimum Gasteiger partial charge on any atom is -0.480 e. The number of nitrogens with one attached hydrogen (secondary N) is 1. The predicted molar refractivity (Wildman–Crippen MR) is 100 cm³/mol. The first-order valence-electron chi connectivity index (χ1n) is 9.36. The third-order valence-corrected chi connectivity index (χ3v) is 4.76. The average molecular weight is 360 g/mol. The summed E-state index contributed by atoms with van der Waals surface area (Å²) in [4.78, 5) is 37.7. The molecule has 0 saturated carbocycles. The van der Waals surface area contributed by atoms with Crippen molar-refractivity contribution in [2.75, 3.05) is 11.9 Å². The number of hydrogen-bond acceptors (Lipinski definition) is 3. The van der Waals surface area contributed by atoms with Crippen LogP contribution in [-0.4, -0.2) is 40.4 Å². The Morgan fingerprint density at radius 2 is 2.08 bits per heavy atom. The number of carboxylic acid groups (broad SMARTS) is 1. The fourth-order valence-electron chi connectivity index (χ4n) is 3.45. The van der Waals surface area contributed by atoms with Gasteiger partial charge in [0, 0.05) is 24.2 Å². The standard InChI is InChI=1S/C20H28N2O4/c1-3-7-14(2)12-18(23)21-16-9-6-8-15(13-16)19(24)22-11-5-4-10-17(22)20(25)26/h6,8-9,13-14,17H,3-5,7,10-12H2,1-2H3,(H,21,23)(H,25,26). The van der Waals surface area contributed by atoms with Crippen LogP contribution >= 0.6 is 0 Å². The second kappa shape index (κ2) is 9.36. The topological polar surface area (TPSA) is 86.7 Å². The normalized spacial score (nSPS) is 18.2. The van der Waals surface area contributed by atoms with E-state index in [1.807, 2.05) is 6.92 Å². The average Bonchev–Trinajstić information content (AvgIpc) is 2.61. The number of hydrogen-bond donors (Lipinski definition) is 2. The molecule has 2 rings (SSSR count). The molecule has 0 bridgehead atoms. The van der Waals surface area contributed by atoms with E-state index in [-0.39, 0.29) is 11.8 Å². The first-order chi connectivity index (χ1) is 12.4. The van der Waals surface area contributed by atoms with E-state index in [1.165, 1.54) is 4.90 Å². The molecule has 2 N–H and O–H groups in total. The van der Waals surface area contributed by atoms with Crippen LogP contribution in [0, 0.1) is 5.92 Å². The van der Waals surface area contributed by atoms with E-state index in [1.54, 1.807) is 24.3 Å². The van der Waals surface area contributed by atoms with Crippen LogP contribution in [0.1, 0.15) is 62.7 Å². The van der Waals surface area contributed by atoms with Crippen LogP contribution in [0.25, 0.3) is 0 Å². The second-order valence-electron chi connectivity index (χ2n) is 7.08. The summed E-state index contributed by atoms with van der Waals surface area (Å²) >= 11 is 0. The molecular formula is C20H28N2O4. The molecule has 1 heterocycles. The quantitative estimate of drug-likeness (QED) is 0.779. The second-order valence-corrected chi connectivity index (χ2v) is 7.08. The lowest BCUT2D eigenvalue weighted by Gasteiger charge is -2.33. The molecule has 2 atom stereocenters. The van der Waals surface area contributed by atoms with Crippen LogP contribution in [0.5, 0.6) is 0 Å². The summed E-state index contributed by atoms with van der Waals surface area (Å²) in [6.45, 7) is 4.58. The summed E-state index contributed by atoms with van der Waals surface area (Å²) in [6.07, 6.45) is 4.58. The van der Waals surface area contributed by atoms with Crippen molar-refractivity contribution in [2.24, 2.45) is 5.92 Å². The molecule has 26 heavy (non-hydrogen) atoms. The monoisotopic (exact) mass is 360 g/mol. The number of carboxylic acids is 1. The molecule has 1 aliphatic rings. The Hall–Kier alpha value is -2.37. The van der Waals surface area contributed by atoms with Gasteiger partial charge in [-0.15, -0.1) is 0 Å². The van der Waals surface area contributed by atoms with Crippen molar-refractivity contribution < 1.29 is 19.5 Å². The first-order valence-corrected chi connectivity index (χ1v) is 9.36. The molecule has 1 aromatic rings. The van der Waals surface area contributed by atoms with Crippen molar-refractivity contribution in [3.05, 3.63) is 29.8 Å². The fraction of sp³-hybridized carbons (Fsp3) is 0.550. The largest absolute Gasteiger partial charge is 0.480 e. The third kappa shape index (κ3) is 5.31. The molecule has 2 unspecified atom stereocenters. The molecule has 0 aliphatic carbocycles. The zero-order chi connectivity index (χ0) is 19.1. The summed E-state index contributed by atoms with van der Waals surface area (Å²) in [5.41, 5.74) is 0.964. The molecule has 1 fully saturated rings. The van der Waals surface area contributed by atoms with Crippen molar-refractivity contribution in [3.8, 4) is 0 Å². The number of benzene rings is 1. The van der Waals surface area contributed by atoms with E-state index in [4.69, 9.17) is 0 Å². The van der Waals surface area contributed by atoms with Crippen LogP contribution in [0.3, 0.4) is 0 Å². The van der Waals surface area contributed by atoms with Gasteiger partial charge in [-0.05, 0) is 43.4 Å². The summed E-state index contributed by atoms with van der Waals surface area (Å²) in [7, 11) is 0. The van der Waals surface area contributed by atoms with Gasteiger partial charge in [0.1, 0.15) is 6.04 Å². The Morgan fingerprint density at radius 3 is 2.77 bits per heavy atom.